The molecule has 24 heavy (non-hydrogen) atoms. The van der Waals surface area contributed by atoms with Crippen LogP contribution in [0.5, 0.6) is 0 Å². The molecule has 0 spiro atoms. The second kappa shape index (κ2) is 9.80. The highest BCUT2D eigenvalue weighted by atomic mass is 16.5. The van der Waals surface area contributed by atoms with Crippen LogP contribution in [0.4, 0.5) is 4.79 Å². The smallest absolute Gasteiger partial charge is 0.317 e. The Hall–Kier alpha value is -1.38. The fourth-order valence-corrected chi connectivity index (χ4v) is 3.39. The number of urea groups is 1. The zero-order chi connectivity index (χ0) is 17.4. The third kappa shape index (κ3) is 5.06. The van der Waals surface area contributed by atoms with Gasteiger partial charge < -0.3 is 29.3 Å². The molecule has 0 aliphatic carbocycles. The Kier molecular flexibility index (Phi) is 7.74. The molecule has 2 aliphatic heterocycles. The van der Waals surface area contributed by atoms with Crippen molar-refractivity contribution in [3.05, 3.63) is 0 Å². The zero-order valence-corrected chi connectivity index (χ0v) is 14.7. The van der Waals surface area contributed by atoms with E-state index in [0.717, 1.165) is 19.3 Å². The van der Waals surface area contributed by atoms with Crippen LogP contribution in [0.2, 0.25) is 0 Å². The van der Waals surface area contributed by atoms with E-state index in [9.17, 15) is 9.59 Å². The number of rotatable bonds is 7. The number of nitrogens with zero attached hydrogens (tertiary/aromatic N) is 2. The van der Waals surface area contributed by atoms with E-state index in [1.54, 1.807) is 12.0 Å². The van der Waals surface area contributed by atoms with Crippen molar-refractivity contribution in [2.75, 3.05) is 60.3 Å². The normalized spacial score (nSPS) is 21.8. The van der Waals surface area contributed by atoms with E-state index in [1.165, 1.54) is 7.11 Å². The third-order valence-electron chi connectivity index (χ3n) is 4.57. The molecule has 0 radical (unpaired) electrons. The minimum atomic E-state index is -0.0966. The van der Waals surface area contributed by atoms with Crippen LogP contribution in [0.15, 0.2) is 0 Å². The average molecular weight is 343 g/mol. The number of amides is 3. The summed E-state index contributed by atoms with van der Waals surface area (Å²) in [6, 6.07) is 0.118. The number of carbonyl (C=O) groups is 2. The van der Waals surface area contributed by atoms with Gasteiger partial charge in [-0.15, -0.1) is 0 Å². The first-order valence-corrected chi connectivity index (χ1v) is 8.57. The fourth-order valence-electron chi connectivity index (χ4n) is 3.39. The van der Waals surface area contributed by atoms with Crippen LogP contribution in [0.3, 0.4) is 0 Å². The van der Waals surface area contributed by atoms with Gasteiger partial charge in [-0.2, -0.15) is 0 Å². The predicted molar refractivity (Wildman–Crippen MR) is 87.8 cm³/mol. The van der Waals surface area contributed by atoms with Crippen molar-refractivity contribution in [3.63, 3.8) is 0 Å². The van der Waals surface area contributed by atoms with Crippen LogP contribution < -0.4 is 5.32 Å². The summed E-state index contributed by atoms with van der Waals surface area (Å²) >= 11 is 0. The van der Waals surface area contributed by atoms with Gasteiger partial charge in [0.25, 0.3) is 0 Å². The highest BCUT2D eigenvalue weighted by Crippen LogP contribution is 2.23. The second-order valence-electron chi connectivity index (χ2n) is 6.19. The molecule has 2 saturated heterocycles. The van der Waals surface area contributed by atoms with Crippen molar-refractivity contribution >= 4 is 11.9 Å². The highest BCUT2D eigenvalue weighted by molar-refractivity contribution is 5.79. The molecule has 2 aliphatic rings. The van der Waals surface area contributed by atoms with Crippen LogP contribution in [0.25, 0.3) is 0 Å². The van der Waals surface area contributed by atoms with Crippen molar-refractivity contribution in [2.24, 2.45) is 0 Å². The number of hydrogen-bond acceptors (Lipinski definition) is 5. The van der Waals surface area contributed by atoms with Gasteiger partial charge in [0.1, 0.15) is 6.61 Å². The SMILES string of the molecule is COCCNC(=O)N1CCC(N(C(=O)COC)C2CCOCC2)C1. The first kappa shape index (κ1) is 19.0. The molecule has 0 aromatic rings. The van der Waals surface area contributed by atoms with Crippen LogP contribution in [-0.2, 0) is 19.0 Å². The molecule has 3 amide bonds. The number of likely N-dealkylation sites (tertiary alicyclic amines) is 1. The van der Waals surface area contributed by atoms with Gasteiger partial charge in [-0.3, -0.25) is 4.79 Å². The zero-order valence-electron chi connectivity index (χ0n) is 14.7. The molecule has 1 atom stereocenters. The van der Waals surface area contributed by atoms with E-state index in [0.29, 0.717) is 39.5 Å². The van der Waals surface area contributed by atoms with Crippen molar-refractivity contribution < 1.29 is 23.8 Å². The lowest BCUT2D eigenvalue weighted by Gasteiger charge is -2.38. The molecule has 1 N–H and O–H groups in total. The van der Waals surface area contributed by atoms with Crippen molar-refractivity contribution in [1.82, 2.24) is 15.1 Å². The maximum Gasteiger partial charge on any atom is 0.317 e. The maximum absolute atomic E-state index is 12.5. The fraction of sp³-hybridized carbons (Fsp3) is 0.875. The standard InChI is InChI=1S/C16H29N3O5/c1-22-10-6-17-16(21)18-7-3-14(11-18)19(15(20)12-23-2)13-4-8-24-9-5-13/h13-14H,3-12H2,1-2H3,(H,17,21). The van der Waals surface area contributed by atoms with E-state index in [4.69, 9.17) is 14.2 Å². The Morgan fingerprint density at radius 2 is 1.92 bits per heavy atom. The van der Waals surface area contributed by atoms with Gasteiger partial charge in [-0.05, 0) is 19.3 Å². The van der Waals surface area contributed by atoms with Crippen LogP contribution >= 0.6 is 0 Å². The summed E-state index contributed by atoms with van der Waals surface area (Å²) < 4.78 is 15.4. The molecule has 0 aromatic carbocycles. The lowest BCUT2D eigenvalue weighted by atomic mass is 10.0. The number of carbonyl (C=O) groups excluding carboxylic acids is 2. The molecule has 8 nitrogen and oxygen atoms in total. The summed E-state index contributed by atoms with van der Waals surface area (Å²) in [5.41, 5.74) is 0. The van der Waals surface area contributed by atoms with E-state index in [-0.39, 0.29) is 30.6 Å². The minimum absolute atomic E-state index is 0.00367. The Balaban J connectivity index is 1.94. The number of nitrogens with one attached hydrogen (secondary N) is 1. The van der Waals surface area contributed by atoms with Gasteiger partial charge in [-0.1, -0.05) is 0 Å². The Bertz CT molecular complexity index is 415. The lowest BCUT2D eigenvalue weighted by Crippen LogP contribution is -2.52. The molecule has 0 bridgehead atoms. The molecule has 8 heteroatoms. The summed E-state index contributed by atoms with van der Waals surface area (Å²) in [5, 5.41) is 2.83. The molecule has 0 saturated carbocycles. The largest absolute Gasteiger partial charge is 0.383 e. The molecule has 2 heterocycles. The van der Waals surface area contributed by atoms with Gasteiger partial charge in [0.2, 0.25) is 5.91 Å². The topological polar surface area (TPSA) is 80.3 Å². The Morgan fingerprint density at radius 3 is 2.58 bits per heavy atom. The summed E-state index contributed by atoms with van der Waals surface area (Å²) in [6.45, 7) is 3.63. The van der Waals surface area contributed by atoms with Gasteiger partial charge >= 0.3 is 6.03 Å². The summed E-state index contributed by atoms with van der Waals surface area (Å²) in [6.07, 6.45) is 2.47. The molecule has 2 fully saturated rings. The predicted octanol–water partition coefficient (Wildman–Crippen LogP) is 0.0707. The summed E-state index contributed by atoms with van der Waals surface area (Å²) in [4.78, 5) is 28.4. The minimum Gasteiger partial charge on any atom is -0.383 e. The number of methoxy groups -OCH3 is 2. The molecule has 1 unspecified atom stereocenters. The average Bonchev–Trinajstić information content (AvgIpc) is 3.06. The van der Waals surface area contributed by atoms with Crippen molar-refractivity contribution in [3.8, 4) is 0 Å². The highest BCUT2D eigenvalue weighted by Gasteiger charge is 2.37. The quantitative estimate of drug-likeness (QED) is 0.662. The first-order chi connectivity index (χ1) is 11.7. The molecule has 0 aromatic heterocycles. The van der Waals surface area contributed by atoms with Crippen LogP contribution in [0.1, 0.15) is 19.3 Å². The molecule has 2 rings (SSSR count). The molecule has 138 valence electrons. The van der Waals surface area contributed by atoms with Gasteiger partial charge in [0.15, 0.2) is 0 Å². The van der Waals surface area contributed by atoms with Crippen LogP contribution in [0, 0.1) is 0 Å². The van der Waals surface area contributed by atoms with Gasteiger partial charge in [0, 0.05) is 53.1 Å². The Morgan fingerprint density at radius 1 is 1.17 bits per heavy atom. The summed E-state index contributed by atoms with van der Waals surface area (Å²) in [7, 11) is 3.13. The number of hydrogen-bond donors (Lipinski definition) is 1. The number of ether oxygens (including phenoxy) is 3. The van der Waals surface area contributed by atoms with Crippen molar-refractivity contribution in [1.29, 1.82) is 0 Å². The van der Waals surface area contributed by atoms with Gasteiger partial charge in [0.05, 0.1) is 12.6 Å². The maximum atomic E-state index is 12.5. The molecular weight excluding hydrogens is 314 g/mol. The van der Waals surface area contributed by atoms with Gasteiger partial charge in [-0.25, -0.2) is 4.79 Å². The van der Waals surface area contributed by atoms with Crippen molar-refractivity contribution in [2.45, 2.75) is 31.3 Å². The van der Waals surface area contributed by atoms with E-state index >= 15 is 0 Å². The van der Waals surface area contributed by atoms with E-state index in [2.05, 4.69) is 5.32 Å². The third-order valence-corrected chi connectivity index (χ3v) is 4.57. The van der Waals surface area contributed by atoms with E-state index in [1.807, 2.05) is 4.90 Å². The summed E-state index contributed by atoms with van der Waals surface area (Å²) in [5.74, 6) is -0.00367. The van der Waals surface area contributed by atoms with E-state index < -0.39 is 0 Å². The second-order valence-corrected chi connectivity index (χ2v) is 6.19. The van der Waals surface area contributed by atoms with Crippen LogP contribution in [-0.4, -0.2) is 94.1 Å². The monoisotopic (exact) mass is 343 g/mol. The molecular formula is C16H29N3O5. The first-order valence-electron chi connectivity index (χ1n) is 8.57. The lowest BCUT2D eigenvalue weighted by molar-refractivity contribution is -0.142. The Labute approximate surface area is 143 Å².